The molecule has 2 N–H and O–H groups in total. The number of aliphatic imine (C=N–C) groups is 1. The quantitative estimate of drug-likeness (QED) is 0.294. The van der Waals surface area contributed by atoms with Gasteiger partial charge >= 0.3 is 6.36 Å². The van der Waals surface area contributed by atoms with Gasteiger partial charge in [0.05, 0.1) is 0 Å². The zero-order valence-corrected chi connectivity index (χ0v) is 15.2. The highest BCUT2D eigenvalue weighted by atomic mass is 127. The molecule has 0 saturated heterocycles. The van der Waals surface area contributed by atoms with Crippen LogP contribution in [0.4, 0.5) is 13.2 Å². The van der Waals surface area contributed by atoms with E-state index in [-0.39, 0.29) is 29.7 Å². The number of nitrogens with one attached hydrogen (secondary N) is 2. The Morgan fingerprint density at radius 2 is 1.91 bits per heavy atom. The molecule has 1 aromatic carbocycles. The van der Waals surface area contributed by atoms with Crippen molar-refractivity contribution in [1.29, 1.82) is 0 Å². The molecule has 0 saturated carbocycles. The predicted molar refractivity (Wildman–Crippen MR) is 96.4 cm³/mol. The minimum Gasteiger partial charge on any atom is -0.406 e. The number of hydrogen-bond donors (Lipinski definition) is 2. The first-order valence-electron chi connectivity index (χ1n) is 6.92. The topological polar surface area (TPSA) is 45.7 Å². The lowest BCUT2D eigenvalue weighted by Crippen LogP contribution is -2.37. The molecule has 23 heavy (non-hydrogen) atoms. The van der Waals surface area contributed by atoms with Crippen molar-refractivity contribution < 1.29 is 17.9 Å². The number of nitrogens with zero attached hydrogens (tertiary/aromatic N) is 1. The fourth-order valence-electron chi connectivity index (χ4n) is 1.67. The second kappa shape index (κ2) is 11.1. The van der Waals surface area contributed by atoms with Gasteiger partial charge in [0, 0.05) is 19.6 Å². The molecule has 0 bridgehead atoms. The number of rotatable bonds is 7. The van der Waals surface area contributed by atoms with Gasteiger partial charge in [-0.3, -0.25) is 4.99 Å². The summed E-state index contributed by atoms with van der Waals surface area (Å²) in [7, 11) is 0. The van der Waals surface area contributed by atoms with Gasteiger partial charge in [-0.05, 0) is 31.0 Å². The fourth-order valence-corrected chi connectivity index (χ4v) is 1.67. The maximum atomic E-state index is 12.0. The molecular formula is C15H21F3IN3O. The van der Waals surface area contributed by atoms with Gasteiger partial charge < -0.3 is 15.4 Å². The predicted octanol–water partition coefficient (Wildman–Crippen LogP) is 3.49. The van der Waals surface area contributed by atoms with Crippen LogP contribution in [0.2, 0.25) is 0 Å². The van der Waals surface area contributed by atoms with E-state index in [1.807, 2.05) is 6.92 Å². The van der Waals surface area contributed by atoms with Crippen molar-refractivity contribution >= 4 is 29.9 Å². The molecule has 8 heteroatoms. The van der Waals surface area contributed by atoms with Gasteiger partial charge in [-0.15, -0.1) is 43.7 Å². The molecule has 0 radical (unpaired) electrons. The average molecular weight is 443 g/mol. The number of hydrogen-bond acceptors (Lipinski definition) is 2. The van der Waals surface area contributed by atoms with Gasteiger partial charge in [0.15, 0.2) is 5.96 Å². The van der Waals surface area contributed by atoms with Crippen molar-refractivity contribution in [2.45, 2.75) is 19.7 Å². The summed E-state index contributed by atoms with van der Waals surface area (Å²) in [6.07, 6.45) is -2.31. The second-order valence-electron chi connectivity index (χ2n) is 4.37. The summed E-state index contributed by atoms with van der Waals surface area (Å²) < 4.78 is 40.0. The number of ether oxygens (including phenoxy) is 1. The summed E-state index contributed by atoms with van der Waals surface area (Å²) in [4.78, 5) is 4.36. The molecule has 0 fully saturated rings. The first-order valence-corrected chi connectivity index (χ1v) is 6.92. The van der Waals surface area contributed by atoms with Crippen molar-refractivity contribution in [3.8, 4) is 5.75 Å². The van der Waals surface area contributed by atoms with Crippen molar-refractivity contribution in [1.82, 2.24) is 10.6 Å². The van der Waals surface area contributed by atoms with Crippen LogP contribution < -0.4 is 15.4 Å². The molecule has 0 aliphatic rings. The SMILES string of the molecule is C=CCNC(=NCCc1ccc(OC(F)(F)F)cc1)NCC.I. The Morgan fingerprint density at radius 1 is 1.26 bits per heavy atom. The summed E-state index contributed by atoms with van der Waals surface area (Å²) in [6, 6.07) is 5.79. The zero-order valence-electron chi connectivity index (χ0n) is 12.8. The molecule has 1 rings (SSSR count). The van der Waals surface area contributed by atoms with E-state index in [4.69, 9.17) is 0 Å². The lowest BCUT2D eigenvalue weighted by Gasteiger charge is -2.10. The van der Waals surface area contributed by atoms with Crippen LogP contribution in [0.15, 0.2) is 41.9 Å². The average Bonchev–Trinajstić information content (AvgIpc) is 2.45. The van der Waals surface area contributed by atoms with Crippen LogP contribution >= 0.6 is 24.0 Å². The van der Waals surface area contributed by atoms with E-state index >= 15 is 0 Å². The van der Waals surface area contributed by atoms with Crippen LogP contribution in [-0.4, -0.2) is 32.0 Å². The smallest absolute Gasteiger partial charge is 0.406 e. The second-order valence-corrected chi connectivity index (χ2v) is 4.37. The summed E-state index contributed by atoms with van der Waals surface area (Å²) in [5, 5.41) is 6.15. The largest absolute Gasteiger partial charge is 0.573 e. The van der Waals surface area contributed by atoms with Gasteiger partial charge in [0.2, 0.25) is 0 Å². The molecule has 1 aromatic rings. The minimum absolute atomic E-state index is 0. The monoisotopic (exact) mass is 443 g/mol. The number of halogens is 4. The Hall–Kier alpha value is -1.45. The Kier molecular flexibility index (Phi) is 10.4. The molecule has 0 amide bonds. The summed E-state index contributed by atoms with van der Waals surface area (Å²) in [5.41, 5.74) is 0.887. The molecule has 0 spiro atoms. The fraction of sp³-hybridized carbons (Fsp3) is 0.400. The van der Waals surface area contributed by atoms with Crippen LogP contribution in [0.5, 0.6) is 5.75 Å². The van der Waals surface area contributed by atoms with Crippen molar-refractivity contribution in [3.63, 3.8) is 0 Å². The molecule has 0 atom stereocenters. The van der Waals surface area contributed by atoms with E-state index in [0.717, 1.165) is 12.1 Å². The van der Waals surface area contributed by atoms with E-state index < -0.39 is 6.36 Å². The van der Waals surface area contributed by atoms with E-state index in [1.165, 1.54) is 12.1 Å². The maximum absolute atomic E-state index is 12.0. The number of alkyl halides is 3. The van der Waals surface area contributed by atoms with Crippen LogP contribution in [0.3, 0.4) is 0 Å². The van der Waals surface area contributed by atoms with Gasteiger partial charge in [0.1, 0.15) is 5.75 Å². The third kappa shape index (κ3) is 10.0. The summed E-state index contributed by atoms with van der Waals surface area (Å²) in [5.74, 6) is 0.458. The van der Waals surface area contributed by atoms with Crippen molar-refractivity contribution in [2.24, 2.45) is 4.99 Å². The van der Waals surface area contributed by atoms with Crippen LogP contribution in [0.25, 0.3) is 0 Å². The standard InChI is InChI=1S/C15H20F3N3O.HI/c1-3-10-20-14(19-4-2)21-11-9-12-5-7-13(8-6-12)22-15(16,17)18;/h3,5-8H,1,4,9-11H2,2H3,(H2,19,20,21);1H. The third-order valence-corrected chi connectivity index (χ3v) is 2.59. The van der Waals surface area contributed by atoms with Gasteiger partial charge in [-0.2, -0.15) is 0 Å². The lowest BCUT2D eigenvalue weighted by atomic mass is 10.1. The summed E-state index contributed by atoms with van der Waals surface area (Å²) >= 11 is 0. The third-order valence-electron chi connectivity index (χ3n) is 2.59. The number of guanidine groups is 1. The Balaban J connectivity index is 0.00000484. The molecule has 0 aromatic heterocycles. The normalized spacial score (nSPS) is 11.4. The van der Waals surface area contributed by atoms with Crippen LogP contribution in [-0.2, 0) is 6.42 Å². The molecule has 0 aliphatic carbocycles. The zero-order chi connectivity index (χ0) is 16.4. The highest BCUT2D eigenvalue weighted by Crippen LogP contribution is 2.22. The van der Waals surface area contributed by atoms with E-state index in [0.29, 0.717) is 25.5 Å². The summed E-state index contributed by atoms with van der Waals surface area (Å²) in [6.45, 7) is 7.45. The van der Waals surface area contributed by atoms with Crippen molar-refractivity contribution in [2.75, 3.05) is 19.6 Å². The molecule has 4 nitrogen and oxygen atoms in total. The highest BCUT2D eigenvalue weighted by molar-refractivity contribution is 14.0. The van der Waals surface area contributed by atoms with Gasteiger partial charge in [-0.1, -0.05) is 18.2 Å². The lowest BCUT2D eigenvalue weighted by molar-refractivity contribution is -0.274. The Bertz CT molecular complexity index is 490. The van der Waals surface area contributed by atoms with Gasteiger partial charge in [-0.25, -0.2) is 0 Å². The molecule has 0 heterocycles. The van der Waals surface area contributed by atoms with Gasteiger partial charge in [0.25, 0.3) is 0 Å². The first kappa shape index (κ1) is 21.6. The first-order chi connectivity index (χ1) is 10.4. The highest BCUT2D eigenvalue weighted by Gasteiger charge is 2.30. The van der Waals surface area contributed by atoms with Crippen LogP contribution in [0.1, 0.15) is 12.5 Å². The molecule has 130 valence electrons. The Labute approximate surface area is 151 Å². The minimum atomic E-state index is -4.66. The molecular weight excluding hydrogens is 422 g/mol. The van der Waals surface area contributed by atoms with E-state index in [1.54, 1.807) is 18.2 Å². The molecule has 0 aliphatic heterocycles. The van der Waals surface area contributed by atoms with E-state index in [2.05, 4.69) is 26.9 Å². The number of benzene rings is 1. The van der Waals surface area contributed by atoms with Crippen LogP contribution in [0, 0.1) is 0 Å². The maximum Gasteiger partial charge on any atom is 0.573 e. The Morgan fingerprint density at radius 3 is 2.43 bits per heavy atom. The molecule has 0 unspecified atom stereocenters. The van der Waals surface area contributed by atoms with Crippen molar-refractivity contribution in [3.05, 3.63) is 42.5 Å². The van der Waals surface area contributed by atoms with E-state index in [9.17, 15) is 13.2 Å².